The fourth-order valence-corrected chi connectivity index (χ4v) is 4.65. The molecule has 0 aliphatic carbocycles. The number of hydrogen-bond donors (Lipinski definition) is 2. The Morgan fingerprint density at radius 1 is 1.00 bits per heavy atom. The van der Waals surface area contributed by atoms with Gasteiger partial charge in [0, 0.05) is 0 Å². The van der Waals surface area contributed by atoms with Crippen molar-refractivity contribution in [2.45, 2.75) is 59.9 Å². The Kier molecular flexibility index (Phi) is 9.65. The molecule has 0 radical (unpaired) electrons. The SMILES string of the molecule is CCOC(=O)c1sc(NC(=S)NC(C)c2ccc(C(C)CC)cc2)c(C(=O)OCC)c1C. The van der Waals surface area contributed by atoms with Crippen LogP contribution in [0.1, 0.15) is 89.7 Å². The summed E-state index contributed by atoms with van der Waals surface area (Å²) in [6.45, 7) is 12.1. The molecule has 0 saturated heterocycles. The molecule has 0 bridgehead atoms. The highest BCUT2D eigenvalue weighted by molar-refractivity contribution is 7.80. The third-order valence-corrected chi connectivity index (χ3v) is 6.69. The highest BCUT2D eigenvalue weighted by atomic mass is 32.1. The third-order valence-electron chi connectivity index (χ3n) is 5.28. The molecule has 0 fully saturated rings. The molecule has 174 valence electrons. The Hall–Kier alpha value is -2.45. The molecule has 2 aromatic rings. The zero-order chi connectivity index (χ0) is 23.8. The van der Waals surface area contributed by atoms with E-state index in [0.29, 0.717) is 32.0 Å². The zero-order valence-electron chi connectivity index (χ0n) is 19.5. The van der Waals surface area contributed by atoms with Crippen molar-refractivity contribution in [1.82, 2.24) is 5.32 Å². The second-order valence-electron chi connectivity index (χ2n) is 7.50. The van der Waals surface area contributed by atoms with Crippen LogP contribution in [0.3, 0.4) is 0 Å². The molecule has 6 nitrogen and oxygen atoms in total. The van der Waals surface area contributed by atoms with Crippen molar-refractivity contribution in [1.29, 1.82) is 0 Å². The number of anilines is 1. The van der Waals surface area contributed by atoms with Crippen molar-refractivity contribution in [3.8, 4) is 0 Å². The van der Waals surface area contributed by atoms with E-state index in [-0.39, 0.29) is 19.3 Å². The van der Waals surface area contributed by atoms with Crippen LogP contribution in [0.4, 0.5) is 5.00 Å². The number of rotatable bonds is 9. The number of benzene rings is 1. The fourth-order valence-electron chi connectivity index (χ4n) is 3.21. The summed E-state index contributed by atoms with van der Waals surface area (Å²) >= 11 is 6.63. The maximum absolute atomic E-state index is 12.5. The van der Waals surface area contributed by atoms with Crippen molar-refractivity contribution < 1.29 is 19.1 Å². The predicted molar refractivity (Wildman–Crippen MR) is 134 cm³/mol. The van der Waals surface area contributed by atoms with E-state index in [2.05, 4.69) is 48.7 Å². The minimum atomic E-state index is -0.504. The topological polar surface area (TPSA) is 76.7 Å². The fraction of sp³-hybridized carbons (Fsp3) is 0.458. The van der Waals surface area contributed by atoms with Crippen LogP contribution in [-0.2, 0) is 9.47 Å². The molecule has 2 unspecified atom stereocenters. The summed E-state index contributed by atoms with van der Waals surface area (Å²) in [4.78, 5) is 25.2. The van der Waals surface area contributed by atoms with Gasteiger partial charge in [0.2, 0.25) is 0 Å². The summed E-state index contributed by atoms with van der Waals surface area (Å²) in [5.41, 5.74) is 3.23. The lowest BCUT2D eigenvalue weighted by Crippen LogP contribution is -2.31. The van der Waals surface area contributed by atoms with Gasteiger partial charge in [-0.05, 0) is 68.9 Å². The molecule has 0 amide bonds. The van der Waals surface area contributed by atoms with Crippen LogP contribution in [0.15, 0.2) is 24.3 Å². The van der Waals surface area contributed by atoms with Crippen LogP contribution in [0.2, 0.25) is 0 Å². The van der Waals surface area contributed by atoms with Crippen molar-refractivity contribution in [3.63, 3.8) is 0 Å². The average Bonchev–Trinajstić information content (AvgIpc) is 3.09. The molecule has 0 aliphatic heterocycles. The largest absolute Gasteiger partial charge is 0.462 e. The molecule has 1 aromatic heterocycles. The van der Waals surface area contributed by atoms with Gasteiger partial charge in [-0.25, -0.2) is 9.59 Å². The number of hydrogen-bond acceptors (Lipinski definition) is 6. The van der Waals surface area contributed by atoms with Gasteiger partial charge in [0.25, 0.3) is 0 Å². The monoisotopic (exact) mass is 476 g/mol. The van der Waals surface area contributed by atoms with Gasteiger partial charge in [-0.2, -0.15) is 0 Å². The van der Waals surface area contributed by atoms with Crippen LogP contribution < -0.4 is 10.6 Å². The van der Waals surface area contributed by atoms with E-state index in [1.54, 1.807) is 20.8 Å². The molecule has 0 aliphatic rings. The molecule has 2 rings (SSSR count). The zero-order valence-corrected chi connectivity index (χ0v) is 21.2. The first-order valence-corrected chi connectivity index (χ1v) is 12.1. The third kappa shape index (κ3) is 6.29. The summed E-state index contributed by atoms with van der Waals surface area (Å²) in [6, 6.07) is 8.44. The normalized spacial score (nSPS) is 12.6. The van der Waals surface area contributed by atoms with E-state index >= 15 is 0 Å². The van der Waals surface area contributed by atoms with Crippen LogP contribution >= 0.6 is 23.6 Å². The van der Waals surface area contributed by atoms with E-state index in [9.17, 15) is 9.59 Å². The average molecular weight is 477 g/mol. The second-order valence-corrected chi connectivity index (χ2v) is 8.93. The summed E-state index contributed by atoms with van der Waals surface area (Å²) in [5, 5.41) is 7.14. The van der Waals surface area contributed by atoms with Crippen LogP contribution in [0.5, 0.6) is 0 Å². The van der Waals surface area contributed by atoms with Crippen molar-refractivity contribution >= 4 is 45.6 Å². The van der Waals surface area contributed by atoms with Gasteiger partial charge in [-0.3, -0.25) is 0 Å². The van der Waals surface area contributed by atoms with E-state index in [1.165, 1.54) is 5.56 Å². The van der Waals surface area contributed by atoms with Gasteiger partial charge < -0.3 is 20.1 Å². The lowest BCUT2D eigenvalue weighted by atomic mass is 9.96. The Morgan fingerprint density at radius 2 is 1.56 bits per heavy atom. The van der Waals surface area contributed by atoms with Gasteiger partial charge in [0.05, 0.1) is 24.8 Å². The molecule has 1 aromatic carbocycles. The molecule has 8 heteroatoms. The molecule has 0 saturated carbocycles. The first-order chi connectivity index (χ1) is 15.2. The van der Waals surface area contributed by atoms with Gasteiger partial charge >= 0.3 is 11.9 Å². The maximum Gasteiger partial charge on any atom is 0.348 e. The van der Waals surface area contributed by atoms with Gasteiger partial charge in [-0.15, -0.1) is 11.3 Å². The standard InChI is InChI=1S/C24H32N2O4S2/c1-7-14(4)17-10-12-18(13-11-17)16(6)25-24(31)26-21-19(22(27)29-8-2)15(5)20(32-21)23(28)30-9-3/h10-14,16H,7-9H2,1-6H3,(H2,25,26,31). The molecule has 2 atom stereocenters. The summed E-state index contributed by atoms with van der Waals surface area (Å²) < 4.78 is 10.3. The summed E-state index contributed by atoms with van der Waals surface area (Å²) in [6.07, 6.45) is 1.10. The first kappa shape index (κ1) is 25.8. The molecule has 32 heavy (non-hydrogen) atoms. The van der Waals surface area contributed by atoms with Gasteiger partial charge in [0.15, 0.2) is 5.11 Å². The number of thiophene rings is 1. The minimum Gasteiger partial charge on any atom is -0.462 e. The van der Waals surface area contributed by atoms with E-state index in [4.69, 9.17) is 21.7 Å². The van der Waals surface area contributed by atoms with Gasteiger partial charge in [-0.1, -0.05) is 38.1 Å². The van der Waals surface area contributed by atoms with E-state index < -0.39 is 11.9 Å². The Balaban J connectivity index is 2.19. The molecule has 1 heterocycles. The van der Waals surface area contributed by atoms with Crippen molar-refractivity contribution in [2.24, 2.45) is 0 Å². The van der Waals surface area contributed by atoms with Crippen molar-refractivity contribution in [3.05, 3.63) is 51.4 Å². The highest BCUT2D eigenvalue weighted by Crippen LogP contribution is 2.34. The Morgan fingerprint density at radius 3 is 2.12 bits per heavy atom. The molecule has 0 spiro atoms. The number of carbonyl (C=O) groups excluding carboxylic acids is 2. The quantitative estimate of drug-likeness (QED) is 0.341. The second kappa shape index (κ2) is 12.0. The number of ether oxygens (including phenoxy) is 2. The number of carbonyl (C=O) groups is 2. The lowest BCUT2D eigenvalue weighted by molar-refractivity contribution is 0.0527. The summed E-state index contributed by atoms with van der Waals surface area (Å²) in [5.74, 6) is -0.454. The molecular weight excluding hydrogens is 444 g/mol. The summed E-state index contributed by atoms with van der Waals surface area (Å²) in [7, 11) is 0. The van der Waals surface area contributed by atoms with Crippen LogP contribution in [0.25, 0.3) is 0 Å². The Bertz CT molecular complexity index is 954. The number of nitrogens with one attached hydrogen (secondary N) is 2. The van der Waals surface area contributed by atoms with E-state index in [1.807, 2.05) is 6.92 Å². The molecular formula is C24H32N2O4S2. The number of thiocarbonyl (C=S) groups is 1. The Labute approximate surface area is 199 Å². The van der Waals surface area contributed by atoms with Crippen LogP contribution in [0, 0.1) is 6.92 Å². The lowest BCUT2D eigenvalue weighted by Gasteiger charge is -2.18. The smallest absolute Gasteiger partial charge is 0.348 e. The predicted octanol–water partition coefficient (Wildman–Crippen LogP) is 5.97. The van der Waals surface area contributed by atoms with Gasteiger partial charge in [0.1, 0.15) is 9.88 Å². The van der Waals surface area contributed by atoms with Crippen LogP contribution in [-0.4, -0.2) is 30.3 Å². The highest BCUT2D eigenvalue weighted by Gasteiger charge is 2.27. The van der Waals surface area contributed by atoms with Crippen molar-refractivity contribution in [2.75, 3.05) is 18.5 Å². The molecule has 2 N–H and O–H groups in total. The first-order valence-electron chi connectivity index (χ1n) is 10.9. The van der Waals surface area contributed by atoms with E-state index in [0.717, 1.165) is 23.3 Å². The minimum absolute atomic E-state index is 0.0439. The number of esters is 2. The maximum atomic E-state index is 12.5.